The van der Waals surface area contributed by atoms with Crippen LogP contribution in [0.25, 0.3) is 0 Å². The van der Waals surface area contributed by atoms with Crippen molar-refractivity contribution < 1.29 is 9.53 Å². The zero-order valence-corrected chi connectivity index (χ0v) is 11.2. The molecule has 0 saturated carbocycles. The molecule has 17 heavy (non-hydrogen) atoms. The molecule has 0 saturated heterocycles. The Hall–Kier alpha value is -1.36. The van der Waals surface area contributed by atoms with Gasteiger partial charge in [0.1, 0.15) is 6.04 Å². The van der Waals surface area contributed by atoms with E-state index in [1.165, 1.54) is 7.11 Å². The van der Waals surface area contributed by atoms with Gasteiger partial charge in [-0.3, -0.25) is 10.00 Å². The van der Waals surface area contributed by atoms with Crippen molar-refractivity contribution in [1.82, 2.24) is 15.1 Å². The predicted molar refractivity (Wildman–Crippen MR) is 65.6 cm³/mol. The summed E-state index contributed by atoms with van der Waals surface area (Å²) < 4.78 is 6.55. The highest BCUT2D eigenvalue weighted by atomic mass is 16.5. The fraction of sp³-hybridized carbons (Fsp3) is 0.667. The van der Waals surface area contributed by atoms with Crippen molar-refractivity contribution in [2.24, 2.45) is 7.05 Å². The van der Waals surface area contributed by atoms with Crippen LogP contribution in [-0.2, 0) is 16.6 Å². The number of aryl methyl sites for hydroxylation is 2. The first-order chi connectivity index (χ1) is 7.99. The normalized spacial score (nSPS) is 14.4. The number of methoxy groups -OCH3 is 1. The van der Waals surface area contributed by atoms with Gasteiger partial charge < -0.3 is 4.74 Å². The minimum absolute atomic E-state index is 0.249. The van der Waals surface area contributed by atoms with E-state index < -0.39 is 6.04 Å². The molecular formula is C12H21N3O2. The van der Waals surface area contributed by atoms with Gasteiger partial charge in [0, 0.05) is 24.8 Å². The van der Waals surface area contributed by atoms with Gasteiger partial charge in [-0.25, -0.2) is 4.79 Å². The van der Waals surface area contributed by atoms with Crippen LogP contribution in [0.4, 0.5) is 0 Å². The third-order valence-corrected chi connectivity index (χ3v) is 2.86. The Morgan fingerprint density at radius 1 is 1.65 bits per heavy atom. The van der Waals surface area contributed by atoms with Gasteiger partial charge in [0.2, 0.25) is 0 Å². The van der Waals surface area contributed by atoms with E-state index in [4.69, 9.17) is 4.74 Å². The molecule has 0 amide bonds. The van der Waals surface area contributed by atoms with Crippen LogP contribution in [0.3, 0.4) is 0 Å². The number of hydrogen-bond donors (Lipinski definition) is 1. The van der Waals surface area contributed by atoms with Crippen molar-refractivity contribution in [3.8, 4) is 0 Å². The Labute approximate surface area is 102 Å². The van der Waals surface area contributed by atoms with Crippen LogP contribution in [-0.4, -0.2) is 28.9 Å². The summed E-state index contributed by atoms with van der Waals surface area (Å²) in [5.41, 5.74) is 1.72. The maximum Gasteiger partial charge on any atom is 0.327 e. The molecule has 1 rings (SSSR count). The van der Waals surface area contributed by atoms with E-state index in [2.05, 4.69) is 17.3 Å². The van der Waals surface area contributed by atoms with Crippen molar-refractivity contribution in [2.45, 2.75) is 39.3 Å². The highest BCUT2D eigenvalue weighted by molar-refractivity contribution is 5.77. The van der Waals surface area contributed by atoms with Crippen LogP contribution in [0.5, 0.6) is 0 Å². The molecular weight excluding hydrogens is 218 g/mol. The molecule has 1 heterocycles. The second-order valence-corrected chi connectivity index (χ2v) is 4.28. The van der Waals surface area contributed by atoms with E-state index in [1.54, 1.807) is 4.68 Å². The number of rotatable bonds is 5. The first-order valence-corrected chi connectivity index (χ1v) is 5.83. The monoisotopic (exact) mass is 239 g/mol. The molecule has 2 atom stereocenters. The molecule has 96 valence electrons. The standard InChI is InChI=1S/C12H21N3O2/c1-6-8(2)13-11(12(16)17-5)10-7-15(4)14-9(10)3/h7-8,11,13H,6H2,1-5H3. The van der Waals surface area contributed by atoms with E-state index in [-0.39, 0.29) is 12.0 Å². The van der Waals surface area contributed by atoms with E-state index in [0.29, 0.717) is 0 Å². The largest absolute Gasteiger partial charge is 0.468 e. The van der Waals surface area contributed by atoms with Crippen molar-refractivity contribution in [2.75, 3.05) is 7.11 Å². The first-order valence-electron chi connectivity index (χ1n) is 5.83. The number of hydrogen-bond acceptors (Lipinski definition) is 4. The van der Waals surface area contributed by atoms with Gasteiger partial charge in [-0.1, -0.05) is 6.92 Å². The fourth-order valence-corrected chi connectivity index (χ4v) is 1.71. The summed E-state index contributed by atoms with van der Waals surface area (Å²) in [4.78, 5) is 11.8. The molecule has 2 unspecified atom stereocenters. The molecule has 0 bridgehead atoms. The predicted octanol–water partition coefficient (Wildman–Crippen LogP) is 1.33. The average Bonchev–Trinajstić information content (AvgIpc) is 2.63. The summed E-state index contributed by atoms with van der Waals surface area (Å²) in [7, 11) is 3.24. The zero-order chi connectivity index (χ0) is 13.0. The molecule has 0 radical (unpaired) electrons. The number of carbonyl (C=O) groups is 1. The number of ether oxygens (including phenoxy) is 1. The third-order valence-electron chi connectivity index (χ3n) is 2.86. The minimum atomic E-state index is -0.441. The number of esters is 1. The van der Waals surface area contributed by atoms with E-state index in [1.807, 2.05) is 27.1 Å². The Kier molecular flexibility index (Phi) is 4.69. The molecule has 0 spiro atoms. The smallest absolute Gasteiger partial charge is 0.327 e. The minimum Gasteiger partial charge on any atom is -0.468 e. The van der Waals surface area contributed by atoms with Crippen LogP contribution >= 0.6 is 0 Å². The fourth-order valence-electron chi connectivity index (χ4n) is 1.71. The molecule has 0 aliphatic heterocycles. The highest BCUT2D eigenvalue weighted by Crippen LogP contribution is 2.18. The Morgan fingerprint density at radius 2 is 2.29 bits per heavy atom. The molecule has 5 nitrogen and oxygen atoms in total. The summed E-state index contributed by atoms with van der Waals surface area (Å²) in [6.45, 7) is 6.01. The van der Waals surface area contributed by atoms with Gasteiger partial charge in [-0.2, -0.15) is 5.10 Å². The molecule has 0 aliphatic carbocycles. The first kappa shape index (κ1) is 13.7. The van der Waals surface area contributed by atoms with Gasteiger partial charge in [-0.05, 0) is 20.3 Å². The SMILES string of the molecule is CCC(C)NC(C(=O)OC)c1cn(C)nc1C. The number of nitrogens with zero attached hydrogens (tertiary/aromatic N) is 2. The lowest BCUT2D eigenvalue weighted by Gasteiger charge is -2.20. The van der Waals surface area contributed by atoms with Crippen LogP contribution in [0, 0.1) is 6.92 Å². The topological polar surface area (TPSA) is 56.1 Å². The van der Waals surface area contributed by atoms with Crippen LogP contribution in [0.1, 0.15) is 37.6 Å². The summed E-state index contributed by atoms with van der Waals surface area (Å²) in [5.74, 6) is -0.276. The second-order valence-electron chi connectivity index (χ2n) is 4.28. The maximum absolute atomic E-state index is 11.8. The summed E-state index contributed by atoms with van der Waals surface area (Å²) >= 11 is 0. The Bertz CT molecular complexity index is 387. The van der Waals surface area contributed by atoms with Gasteiger partial charge >= 0.3 is 5.97 Å². The lowest BCUT2D eigenvalue weighted by atomic mass is 10.1. The lowest BCUT2D eigenvalue weighted by Crippen LogP contribution is -2.35. The molecule has 5 heteroatoms. The van der Waals surface area contributed by atoms with E-state index >= 15 is 0 Å². The van der Waals surface area contributed by atoms with Crippen molar-refractivity contribution >= 4 is 5.97 Å². The van der Waals surface area contributed by atoms with Gasteiger partial charge in [0.15, 0.2) is 0 Å². The number of aromatic nitrogens is 2. The van der Waals surface area contributed by atoms with Gasteiger partial charge in [-0.15, -0.1) is 0 Å². The number of nitrogens with one attached hydrogen (secondary N) is 1. The quantitative estimate of drug-likeness (QED) is 0.788. The van der Waals surface area contributed by atoms with Crippen molar-refractivity contribution in [1.29, 1.82) is 0 Å². The molecule has 1 N–H and O–H groups in total. The molecule has 1 aromatic rings. The summed E-state index contributed by atoms with van der Waals surface area (Å²) in [5, 5.41) is 7.51. The van der Waals surface area contributed by atoms with Crippen LogP contribution in [0.15, 0.2) is 6.20 Å². The van der Waals surface area contributed by atoms with Crippen molar-refractivity contribution in [3.63, 3.8) is 0 Å². The Balaban J connectivity index is 2.97. The van der Waals surface area contributed by atoms with E-state index in [0.717, 1.165) is 17.7 Å². The molecule has 0 aromatic carbocycles. The number of carbonyl (C=O) groups excluding carboxylic acids is 1. The van der Waals surface area contributed by atoms with Crippen LogP contribution in [0.2, 0.25) is 0 Å². The second kappa shape index (κ2) is 5.82. The zero-order valence-electron chi connectivity index (χ0n) is 11.2. The van der Waals surface area contributed by atoms with Gasteiger partial charge in [0.05, 0.1) is 12.8 Å². The third kappa shape index (κ3) is 3.30. The van der Waals surface area contributed by atoms with Crippen molar-refractivity contribution in [3.05, 3.63) is 17.5 Å². The average molecular weight is 239 g/mol. The Morgan fingerprint density at radius 3 is 2.71 bits per heavy atom. The molecule has 0 aliphatic rings. The summed E-state index contributed by atoms with van der Waals surface area (Å²) in [6, 6.07) is -0.192. The van der Waals surface area contributed by atoms with Crippen LogP contribution < -0.4 is 5.32 Å². The highest BCUT2D eigenvalue weighted by Gasteiger charge is 2.25. The lowest BCUT2D eigenvalue weighted by molar-refractivity contribution is -0.143. The van der Waals surface area contributed by atoms with E-state index in [9.17, 15) is 4.79 Å². The molecule has 1 aromatic heterocycles. The summed E-state index contributed by atoms with van der Waals surface area (Å²) in [6.07, 6.45) is 2.80. The molecule has 0 fully saturated rings. The van der Waals surface area contributed by atoms with Gasteiger partial charge in [0.25, 0.3) is 0 Å². The maximum atomic E-state index is 11.8.